The minimum Gasteiger partial charge on any atom is -0.330 e. The third-order valence-electron chi connectivity index (χ3n) is 6.56. The Labute approximate surface area is 156 Å². The van der Waals surface area contributed by atoms with Gasteiger partial charge in [-0.05, 0) is 68.7 Å². The molecule has 1 nitrogen and oxygen atoms in total. The molecule has 23 heavy (non-hydrogen) atoms. The van der Waals surface area contributed by atoms with Gasteiger partial charge in [0.2, 0.25) is 0 Å². The van der Waals surface area contributed by atoms with Crippen LogP contribution in [0.2, 0.25) is 0 Å². The van der Waals surface area contributed by atoms with Crippen molar-refractivity contribution in [1.82, 2.24) is 0 Å². The van der Waals surface area contributed by atoms with E-state index in [4.69, 9.17) is 5.73 Å². The molecule has 0 aromatic heterocycles. The molecule has 0 aliphatic heterocycles. The summed E-state index contributed by atoms with van der Waals surface area (Å²) in [5.41, 5.74) is 7.81. The molecule has 3 aliphatic carbocycles. The van der Waals surface area contributed by atoms with Crippen LogP contribution in [0.5, 0.6) is 0 Å². The highest BCUT2D eigenvalue weighted by atomic mass is 127. The normalized spacial score (nSPS) is 34.2. The van der Waals surface area contributed by atoms with Gasteiger partial charge >= 0.3 is 0 Å². The van der Waals surface area contributed by atoms with Gasteiger partial charge in [0, 0.05) is 3.92 Å². The standard InChI is InChI=1S/C21H34IN/c22-21-12-5-4-11-20(21)18-10-6-9-17(15-18)19(13-14-23)16-7-2-1-3-8-16/h5,12,15-17,19-21H,1-4,6-11,13-14,23H2. The Balaban J connectivity index is 1.73. The molecule has 0 saturated heterocycles. The van der Waals surface area contributed by atoms with Gasteiger partial charge in [-0.15, -0.1) is 0 Å². The maximum atomic E-state index is 6.01. The first-order valence-electron chi connectivity index (χ1n) is 10.0. The monoisotopic (exact) mass is 427 g/mol. The summed E-state index contributed by atoms with van der Waals surface area (Å²) in [6, 6.07) is 0. The SMILES string of the molecule is NCCC(C1C=C(C2CCC=CC2I)CCC1)C1CCCCC1. The number of allylic oxidation sites excluding steroid dienone is 4. The molecule has 0 amide bonds. The van der Waals surface area contributed by atoms with E-state index in [-0.39, 0.29) is 0 Å². The highest BCUT2D eigenvalue weighted by molar-refractivity contribution is 14.1. The van der Waals surface area contributed by atoms with E-state index in [1.165, 1.54) is 70.6 Å². The van der Waals surface area contributed by atoms with Crippen LogP contribution in [0.3, 0.4) is 0 Å². The summed E-state index contributed by atoms with van der Waals surface area (Å²) >= 11 is 2.66. The van der Waals surface area contributed by atoms with Crippen molar-refractivity contribution < 1.29 is 0 Å². The number of hydrogen-bond acceptors (Lipinski definition) is 1. The molecule has 3 aliphatic rings. The van der Waals surface area contributed by atoms with Crippen LogP contribution in [0.25, 0.3) is 0 Å². The molecule has 1 fully saturated rings. The molecule has 0 spiro atoms. The summed E-state index contributed by atoms with van der Waals surface area (Å²) in [6.45, 7) is 0.877. The van der Waals surface area contributed by atoms with E-state index < -0.39 is 0 Å². The molecular weight excluding hydrogens is 393 g/mol. The molecule has 2 heteroatoms. The summed E-state index contributed by atoms with van der Waals surface area (Å²) in [4.78, 5) is 0. The number of hydrogen-bond donors (Lipinski definition) is 1. The highest BCUT2D eigenvalue weighted by Crippen LogP contribution is 2.43. The first kappa shape index (κ1) is 18.0. The molecule has 4 atom stereocenters. The van der Waals surface area contributed by atoms with E-state index in [0.717, 1.165) is 30.2 Å². The lowest BCUT2D eigenvalue weighted by Crippen LogP contribution is -2.29. The Bertz CT molecular complexity index is 422. The van der Waals surface area contributed by atoms with Crippen LogP contribution >= 0.6 is 22.6 Å². The van der Waals surface area contributed by atoms with Gasteiger partial charge in [0.1, 0.15) is 0 Å². The quantitative estimate of drug-likeness (QED) is 0.324. The molecule has 1 saturated carbocycles. The highest BCUT2D eigenvalue weighted by Gasteiger charge is 2.32. The molecule has 2 N–H and O–H groups in total. The summed E-state index contributed by atoms with van der Waals surface area (Å²) < 4.78 is 0.717. The van der Waals surface area contributed by atoms with Gasteiger partial charge in [-0.25, -0.2) is 0 Å². The van der Waals surface area contributed by atoms with E-state index in [1.54, 1.807) is 5.57 Å². The fourth-order valence-electron chi connectivity index (χ4n) is 5.37. The van der Waals surface area contributed by atoms with Crippen molar-refractivity contribution in [3.8, 4) is 0 Å². The van der Waals surface area contributed by atoms with Crippen molar-refractivity contribution in [2.24, 2.45) is 29.4 Å². The Hall–Kier alpha value is 0.170. The van der Waals surface area contributed by atoms with E-state index in [0.29, 0.717) is 3.92 Å². The third kappa shape index (κ3) is 4.62. The van der Waals surface area contributed by atoms with Crippen LogP contribution in [0.15, 0.2) is 23.8 Å². The molecular formula is C21H34IN. The molecule has 4 unspecified atom stereocenters. The Kier molecular flexibility index (Phi) is 7.06. The zero-order chi connectivity index (χ0) is 16.1. The lowest BCUT2D eigenvalue weighted by Gasteiger charge is -2.38. The number of nitrogens with two attached hydrogens (primary N) is 1. The van der Waals surface area contributed by atoms with Gasteiger partial charge < -0.3 is 5.73 Å². The molecule has 130 valence electrons. The van der Waals surface area contributed by atoms with E-state index in [2.05, 4.69) is 40.8 Å². The number of rotatable bonds is 5. The molecule has 0 bridgehead atoms. The largest absolute Gasteiger partial charge is 0.330 e. The zero-order valence-electron chi connectivity index (χ0n) is 14.6. The predicted molar refractivity (Wildman–Crippen MR) is 109 cm³/mol. The van der Waals surface area contributed by atoms with E-state index in [1.807, 2.05) is 0 Å². The summed E-state index contributed by atoms with van der Waals surface area (Å²) in [7, 11) is 0. The summed E-state index contributed by atoms with van der Waals surface area (Å²) in [5.74, 6) is 3.45. The summed E-state index contributed by atoms with van der Waals surface area (Å²) in [6.07, 6.45) is 22.9. The first-order valence-corrected chi connectivity index (χ1v) is 11.3. The van der Waals surface area contributed by atoms with Crippen LogP contribution in [-0.4, -0.2) is 10.5 Å². The first-order chi connectivity index (χ1) is 11.3. The smallest absolute Gasteiger partial charge is 0.0354 e. The minimum absolute atomic E-state index is 0.717. The lowest BCUT2D eigenvalue weighted by atomic mass is 9.68. The van der Waals surface area contributed by atoms with Gasteiger partial charge in [0.05, 0.1) is 0 Å². The molecule has 0 aromatic rings. The minimum atomic E-state index is 0.717. The van der Waals surface area contributed by atoms with Gasteiger partial charge in [-0.3, -0.25) is 0 Å². The van der Waals surface area contributed by atoms with Crippen molar-refractivity contribution in [2.45, 2.75) is 74.6 Å². The molecule has 0 heterocycles. The van der Waals surface area contributed by atoms with Gasteiger partial charge in [-0.1, -0.05) is 78.5 Å². The van der Waals surface area contributed by atoms with Crippen molar-refractivity contribution in [3.63, 3.8) is 0 Å². The van der Waals surface area contributed by atoms with Gasteiger partial charge in [-0.2, -0.15) is 0 Å². The Morgan fingerprint density at radius 3 is 2.65 bits per heavy atom. The summed E-state index contributed by atoms with van der Waals surface area (Å²) in [5, 5.41) is 0. The molecule has 0 radical (unpaired) electrons. The van der Waals surface area contributed by atoms with Gasteiger partial charge in [0.15, 0.2) is 0 Å². The van der Waals surface area contributed by atoms with Crippen molar-refractivity contribution in [1.29, 1.82) is 0 Å². The lowest BCUT2D eigenvalue weighted by molar-refractivity contribution is 0.180. The maximum Gasteiger partial charge on any atom is 0.0354 e. The molecule has 3 rings (SSSR count). The second kappa shape index (κ2) is 9.03. The van der Waals surface area contributed by atoms with Crippen LogP contribution in [0.1, 0.15) is 70.6 Å². The van der Waals surface area contributed by atoms with E-state index in [9.17, 15) is 0 Å². The Morgan fingerprint density at radius 2 is 1.91 bits per heavy atom. The third-order valence-corrected chi connectivity index (χ3v) is 7.84. The number of halogens is 1. The Morgan fingerprint density at radius 1 is 1.09 bits per heavy atom. The van der Waals surface area contributed by atoms with Crippen LogP contribution in [0, 0.1) is 23.7 Å². The average Bonchev–Trinajstić information content (AvgIpc) is 2.61. The van der Waals surface area contributed by atoms with Crippen molar-refractivity contribution in [3.05, 3.63) is 23.8 Å². The van der Waals surface area contributed by atoms with Crippen LogP contribution in [-0.2, 0) is 0 Å². The fourth-order valence-corrected chi connectivity index (χ4v) is 6.48. The topological polar surface area (TPSA) is 26.0 Å². The zero-order valence-corrected chi connectivity index (χ0v) is 16.7. The van der Waals surface area contributed by atoms with Crippen molar-refractivity contribution in [2.75, 3.05) is 6.54 Å². The van der Waals surface area contributed by atoms with Crippen molar-refractivity contribution >= 4 is 22.6 Å². The van der Waals surface area contributed by atoms with Crippen LogP contribution in [0.4, 0.5) is 0 Å². The number of alkyl halides is 1. The maximum absolute atomic E-state index is 6.01. The van der Waals surface area contributed by atoms with Crippen LogP contribution < -0.4 is 5.73 Å². The second-order valence-electron chi connectivity index (χ2n) is 7.99. The predicted octanol–water partition coefficient (Wildman–Crippen LogP) is 6.03. The molecule has 0 aromatic carbocycles. The average molecular weight is 427 g/mol. The van der Waals surface area contributed by atoms with Gasteiger partial charge in [0.25, 0.3) is 0 Å². The fraction of sp³-hybridized carbons (Fsp3) is 0.810. The van der Waals surface area contributed by atoms with E-state index >= 15 is 0 Å². The second-order valence-corrected chi connectivity index (χ2v) is 9.43.